The molecule has 1 aliphatic rings. The fourth-order valence-electron chi connectivity index (χ4n) is 3.10. The molecule has 0 spiro atoms. The first-order valence-corrected chi connectivity index (χ1v) is 7.96. The van der Waals surface area contributed by atoms with Gasteiger partial charge in [-0.1, -0.05) is 36.3 Å². The fourth-order valence-corrected chi connectivity index (χ4v) is 3.10. The van der Waals surface area contributed by atoms with Gasteiger partial charge in [0.25, 0.3) is 5.56 Å². The molecule has 0 bridgehead atoms. The molecule has 0 radical (unpaired) electrons. The van der Waals surface area contributed by atoms with E-state index in [2.05, 4.69) is 12.0 Å². The molecule has 0 saturated heterocycles. The lowest BCUT2D eigenvalue weighted by atomic mass is 9.99. The van der Waals surface area contributed by atoms with E-state index in [9.17, 15) is 4.79 Å². The third kappa shape index (κ3) is 2.55. The maximum atomic E-state index is 12.7. The van der Waals surface area contributed by atoms with Gasteiger partial charge in [-0.25, -0.2) is 0 Å². The van der Waals surface area contributed by atoms with Crippen molar-refractivity contribution >= 4 is 10.9 Å². The van der Waals surface area contributed by atoms with Crippen LogP contribution >= 0.6 is 0 Å². The zero-order valence-electron chi connectivity index (χ0n) is 12.8. The Bertz CT molecular complexity index is 987. The summed E-state index contributed by atoms with van der Waals surface area (Å²) in [7, 11) is 0. The average molecular weight is 299 g/mol. The van der Waals surface area contributed by atoms with Crippen LogP contribution in [-0.4, -0.2) is 4.57 Å². The number of para-hydroxylation sites is 1. The highest BCUT2D eigenvalue weighted by Crippen LogP contribution is 2.33. The summed E-state index contributed by atoms with van der Waals surface area (Å²) < 4.78 is 1.92. The summed E-state index contributed by atoms with van der Waals surface area (Å²) in [4.78, 5) is 12.7. The van der Waals surface area contributed by atoms with Crippen molar-refractivity contribution in [2.75, 3.05) is 0 Å². The van der Waals surface area contributed by atoms with Gasteiger partial charge in [-0.15, -0.1) is 6.42 Å². The van der Waals surface area contributed by atoms with E-state index in [1.807, 2.05) is 47.0 Å². The lowest BCUT2D eigenvalue weighted by molar-refractivity contribution is 0.627. The number of benzene rings is 2. The highest BCUT2D eigenvalue weighted by Gasteiger charge is 2.23. The molecule has 0 aliphatic heterocycles. The van der Waals surface area contributed by atoms with Crippen molar-refractivity contribution in [1.82, 2.24) is 4.57 Å². The lowest BCUT2D eigenvalue weighted by Crippen LogP contribution is -2.21. The summed E-state index contributed by atoms with van der Waals surface area (Å²) in [5.74, 6) is 3.32. The molecule has 1 aromatic heterocycles. The van der Waals surface area contributed by atoms with Gasteiger partial charge in [0.2, 0.25) is 0 Å². The molecule has 1 fully saturated rings. The van der Waals surface area contributed by atoms with Crippen LogP contribution < -0.4 is 5.56 Å². The molecule has 3 aromatic rings. The number of terminal acetylenes is 1. The normalized spacial score (nSPS) is 13.9. The second-order valence-corrected chi connectivity index (χ2v) is 6.19. The Hall–Kier alpha value is -2.79. The van der Waals surface area contributed by atoms with Crippen LogP contribution in [0.15, 0.2) is 59.4 Å². The summed E-state index contributed by atoms with van der Waals surface area (Å²) in [5.41, 5.74) is 3.85. The number of fused-ring (bicyclic) bond motifs is 1. The predicted molar refractivity (Wildman–Crippen MR) is 94.3 cm³/mol. The van der Waals surface area contributed by atoms with Crippen molar-refractivity contribution in [2.24, 2.45) is 5.92 Å². The van der Waals surface area contributed by atoms with Crippen molar-refractivity contribution in [2.45, 2.75) is 19.4 Å². The Balaban J connectivity index is 1.97. The van der Waals surface area contributed by atoms with E-state index >= 15 is 0 Å². The van der Waals surface area contributed by atoms with Crippen LogP contribution in [-0.2, 0) is 6.54 Å². The molecular formula is C21H17NO. The molecule has 23 heavy (non-hydrogen) atoms. The summed E-state index contributed by atoms with van der Waals surface area (Å²) in [5, 5.41) is 1.10. The van der Waals surface area contributed by atoms with E-state index in [-0.39, 0.29) is 5.56 Å². The predicted octanol–water partition coefficient (Wildman–Crippen LogP) is 4.06. The standard InChI is InChI=1S/C21H17NO/c1-2-15-6-5-7-17(12-15)19-13-21(23)22(14-16-10-11-16)20-9-4-3-8-18(19)20/h1,3-9,12-13,16H,10-11,14H2. The first-order chi connectivity index (χ1) is 11.3. The van der Waals surface area contributed by atoms with Crippen molar-refractivity contribution in [3.8, 4) is 23.5 Å². The molecule has 1 saturated carbocycles. The van der Waals surface area contributed by atoms with E-state index in [4.69, 9.17) is 6.42 Å². The van der Waals surface area contributed by atoms with Crippen molar-refractivity contribution in [3.05, 3.63) is 70.5 Å². The topological polar surface area (TPSA) is 22.0 Å². The molecular weight excluding hydrogens is 282 g/mol. The number of hydrogen-bond donors (Lipinski definition) is 0. The second-order valence-electron chi connectivity index (χ2n) is 6.19. The van der Waals surface area contributed by atoms with Gasteiger partial charge < -0.3 is 4.57 Å². The summed E-state index contributed by atoms with van der Waals surface area (Å²) in [6.07, 6.45) is 7.97. The molecule has 1 heterocycles. The molecule has 0 unspecified atom stereocenters. The van der Waals surface area contributed by atoms with Crippen molar-refractivity contribution in [1.29, 1.82) is 0 Å². The Morgan fingerprint density at radius 2 is 1.91 bits per heavy atom. The van der Waals surface area contributed by atoms with Crippen LogP contribution in [0, 0.1) is 18.3 Å². The monoisotopic (exact) mass is 299 g/mol. The van der Waals surface area contributed by atoms with Crippen LogP contribution in [0.4, 0.5) is 0 Å². The minimum absolute atomic E-state index is 0.0664. The van der Waals surface area contributed by atoms with E-state index in [0.29, 0.717) is 5.92 Å². The highest BCUT2D eigenvalue weighted by molar-refractivity contribution is 5.94. The van der Waals surface area contributed by atoms with Crippen LogP contribution in [0.2, 0.25) is 0 Å². The minimum atomic E-state index is 0.0664. The number of hydrogen-bond acceptors (Lipinski definition) is 1. The largest absolute Gasteiger partial charge is 0.308 e. The van der Waals surface area contributed by atoms with Crippen LogP contribution in [0.1, 0.15) is 18.4 Å². The van der Waals surface area contributed by atoms with Crippen LogP contribution in [0.5, 0.6) is 0 Å². The van der Waals surface area contributed by atoms with E-state index in [1.165, 1.54) is 12.8 Å². The molecule has 1 aliphatic carbocycles. The third-order valence-electron chi connectivity index (χ3n) is 4.50. The molecule has 4 rings (SSSR count). The maximum absolute atomic E-state index is 12.7. The number of rotatable bonds is 3. The quantitative estimate of drug-likeness (QED) is 0.668. The van der Waals surface area contributed by atoms with Gasteiger partial charge in [-0.2, -0.15) is 0 Å². The second kappa shape index (κ2) is 5.44. The minimum Gasteiger partial charge on any atom is -0.308 e. The van der Waals surface area contributed by atoms with Crippen molar-refractivity contribution in [3.63, 3.8) is 0 Å². The van der Waals surface area contributed by atoms with Gasteiger partial charge in [0.1, 0.15) is 0 Å². The molecule has 2 aromatic carbocycles. The van der Waals surface area contributed by atoms with Crippen molar-refractivity contribution < 1.29 is 0 Å². The Morgan fingerprint density at radius 1 is 1.09 bits per heavy atom. The Morgan fingerprint density at radius 3 is 2.70 bits per heavy atom. The summed E-state index contributed by atoms with van der Waals surface area (Å²) in [6.45, 7) is 0.823. The van der Waals surface area contributed by atoms with E-state index in [1.54, 1.807) is 6.07 Å². The van der Waals surface area contributed by atoms with E-state index < -0.39 is 0 Å². The number of aromatic nitrogens is 1. The molecule has 0 atom stereocenters. The average Bonchev–Trinajstić information content (AvgIpc) is 3.41. The molecule has 2 heteroatoms. The maximum Gasteiger partial charge on any atom is 0.251 e. The zero-order chi connectivity index (χ0) is 15.8. The van der Waals surface area contributed by atoms with Crippen LogP contribution in [0.3, 0.4) is 0 Å². The SMILES string of the molecule is C#Cc1cccc(-c2cc(=O)n(CC3CC3)c3ccccc23)c1. The van der Waals surface area contributed by atoms with Gasteiger partial charge in [-0.05, 0) is 48.1 Å². The van der Waals surface area contributed by atoms with Gasteiger partial charge in [0.15, 0.2) is 0 Å². The highest BCUT2D eigenvalue weighted by atomic mass is 16.1. The van der Waals surface area contributed by atoms with E-state index in [0.717, 1.165) is 34.1 Å². The van der Waals surface area contributed by atoms with Gasteiger partial charge in [0, 0.05) is 23.6 Å². The molecule has 0 amide bonds. The zero-order valence-corrected chi connectivity index (χ0v) is 12.8. The molecule has 0 N–H and O–H groups in total. The Labute approximate surface area is 135 Å². The number of pyridine rings is 1. The van der Waals surface area contributed by atoms with Gasteiger partial charge in [-0.3, -0.25) is 4.79 Å². The summed E-state index contributed by atoms with van der Waals surface area (Å²) in [6, 6.07) is 17.7. The molecule has 2 nitrogen and oxygen atoms in total. The van der Waals surface area contributed by atoms with Gasteiger partial charge >= 0.3 is 0 Å². The summed E-state index contributed by atoms with van der Waals surface area (Å²) >= 11 is 0. The number of nitrogens with zero attached hydrogens (tertiary/aromatic N) is 1. The van der Waals surface area contributed by atoms with Gasteiger partial charge in [0.05, 0.1) is 5.52 Å². The first kappa shape index (κ1) is 13.8. The van der Waals surface area contributed by atoms with Crippen LogP contribution in [0.25, 0.3) is 22.0 Å². The smallest absolute Gasteiger partial charge is 0.251 e. The third-order valence-corrected chi connectivity index (χ3v) is 4.50. The first-order valence-electron chi connectivity index (χ1n) is 7.96. The lowest BCUT2D eigenvalue weighted by Gasteiger charge is -2.13. The fraction of sp³-hybridized carbons (Fsp3) is 0.190. The molecule has 112 valence electrons. The Kier molecular flexibility index (Phi) is 3.28.